The number of aliphatic hydroxyl groups is 1. The maximum Gasteiger partial charge on any atom is 0.0840 e. The van der Waals surface area contributed by atoms with Crippen LogP contribution in [0.15, 0.2) is 30.3 Å². The van der Waals surface area contributed by atoms with E-state index in [1.807, 2.05) is 30.3 Å². The van der Waals surface area contributed by atoms with Gasteiger partial charge in [0, 0.05) is 8.07 Å². The number of hydrogen-bond acceptors (Lipinski definition) is 1. The maximum atomic E-state index is 10.5. The molecule has 2 heteroatoms. The molecule has 0 amide bonds. The van der Waals surface area contributed by atoms with Crippen molar-refractivity contribution in [2.24, 2.45) is 5.41 Å². The van der Waals surface area contributed by atoms with Gasteiger partial charge in [0.15, 0.2) is 0 Å². The summed E-state index contributed by atoms with van der Waals surface area (Å²) in [7, 11) is -1.02. The number of benzene rings is 1. The zero-order valence-electron chi connectivity index (χ0n) is 11.8. The minimum absolute atomic E-state index is 0.0400. The first-order valence-corrected chi connectivity index (χ1v) is 10.2. The van der Waals surface area contributed by atoms with Crippen molar-refractivity contribution in [2.75, 3.05) is 0 Å². The molecule has 1 atom stereocenters. The molecule has 1 nitrogen and oxygen atoms in total. The molecule has 0 aromatic heterocycles. The lowest BCUT2D eigenvalue weighted by Gasteiger charge is -2.33. The lowest BCUT2D eigenvalue weighted by Crippen LogP contribution is -2.27. The molecule has 1 aromatic rings. The quantitative estimate of drug-likeness (QED) is 0.764. The van der Waals surface area contributed by atoms with Crippen molar-refractivity contribution in [1.82, 2.24) is 0 Å². The van der Waals surface area contributed by atoms with Crippen molar-refractivity contribution in [3.8, 4) is 0 Å². The third-order valence-electron chi connectivity index (χ3n) is 3.37. The smallest absolute Gasteiger partial charge is 0.0840 e. The van der Waals surface area contributed by atoms with Crippen LogP contribution in [-0.4, -0.2) is 13.2 Å². The van der Waals surface area contributed by atoms with Crippen molar-refractivity contribution < 1.29 is 5.11 Å². The van der Waals surface area contributed by atoms with Crippen LogP contribution in [-0.2, 0) is 0 Å². The first-order valence-electron chi connectivity index (χ1n) is 6.45. The summed E-state index contributed by atoms with van der Waals surface area (Å²) in [4.78, 5) is 0. The Hall–Kier alpha value is -0.603. The molecule has 0 saturated carbocycles. The van der Waals surface area contributed by atoms with Crippen LogP contribution in [0.5, 0.6) is 0 Å². The van der Waals surface area contributed by atoms with Crippen molar-refractivity contribution in [2.45, 2.75) is 52.1 Å². The third kappa shape index (κ3) is 4.64. The summed E-state index contributed by atoms with van der Waals surface area (Å²) in [6.07, 6.45) is 0.735. The Labute approximate surface area is 107 Å². The molecule has 1 unspecified atom stereocenters. The lowest BCUT2D eigenvalue weighted by molar-refractivity contribution is 0.0463. The maximum absolute atomic E-state index is 10.5. The molecule has 0 radical (unpaired) electrons. The van der Waals surface area contributed by atoms with E-state index in [-0.39, 0.29) is 11.5 Å². The lowest BCUT2D eigenvalue weighted by atomic mass is 9.80. The van der Waals surface area contributed by atoms with Gasteiger partial charge in [-0.15, -0.1) is 0 Å². The molecule has 0 aliphatic rings. The Bertz CT molecular complexity index is 338. The highest BCUT2D eigenvalue weighted by Crippen LogP contribution is 2.38. The molecule has 0 aliphatic carbocycles. The van der Waals surface area contributed by atoms with E-state index < -0.39 is 8.07 Å². The Kier molecular flexibility index (Phi) is 4.56. The van der Waals surface area contributed by atoms with Gasteiger partial charge >= 0.3 is 0 Å². The molecular weight excluding hydrogens is 224 g/mol. The molecule has 1 N–H and O–H groups in total. The second kappa shape index (κ2) is 5.36. The van der Waals surface area contributed by atoms with E-state index in [1.165, 1.54) is 6.04 Å². The van der Waals surface area contributed by atoms with Crippen LogP contribution < -0.4 is 0 Å². The number of rotatable bonds is 5. The average molecular weight is 250 g/mol. The van der Waals surface area contributed by atoms with Gasteiger partial charge in [-0.1, -0.05) is 69.9 Å². The van der Waals surface area contributed by atoms with Crippen molar-refractivity contribution in [1.29, 1.82) is 0 Å². The van der Waals surface area contributed by atoms with E-state index in [4.69, 9.17) is 0 Å². The summed E-state index contributed by atoms with van der Waals surface area (Å²) in [5.41, 5.74) is 0.995. The summed E-state index contributed by atoms with van der Waals surface area (Å²) in [5, 5.41) is 10.5. The van der Waals surface area contributed by atoms with Gasteiger partial charge in [0.1, 0.15) is 0 Å². The standard InChI is InChI=1S/C15H26OSi/c1-15(2,11-12-17(3,4)5)14(16)13-9-7-6-8-10-13/h6-10,14,16H,11-12H2,1-5H3. The van der Waals surface area contributed by atoms with Crippen LogP contribution in [0.2, 0.25) is 25.7 Å². The van der Waals surface area contributed by atoms with Crippen LogP contribution in [0.4, 0.5) is 0 Å². The summed E-state index contributed by atoms with van der Waals surface area (Å²) >= 11 is 0. The average Bonchev–Trinajstić information content (AvgIpc) is 2.26. The SMILES string of the molecule is CC(C)(CC[Si](C)(C)C)C(O)c1ccccc1. The molecule has 0 saturated heterocycles. The Morgan fingerprint density at radius 3 is 2.12 bits per heavy atom. The van der Waals surface area contributed by atoms with E-state index in [2.05, 4.69) is 33.5 Å². The molecule has 96 valence electrons. The first-order chi connectivity index (χ1) is 7.72. The highest BCUT2D eigenvalue weighted by molar-refractivity contribution is 6.76. The Balaban J connectivity index is 2.70. The summed E-state index contributed by atoms with van der Waals surface area (Å²) in [6.45, 7) is 11.5. The highest BCUT2D eigenvalue weighted by Gasteiger charge is 2.30. The van der Waals surface area contributed by atoms with E-state index >= 15 is 0 Å². The van der Waals surface area contributed by atoms with Crippen molar-refractivity contribution in [3.05, 3.63) is 35.9 Å². The predicted molar refractivity (Wildman–Crippen MR) is 78.0 cm³/mol. The summed E-state index contributed by atoms with van der Waals surface area (Å²) < 4.78 is 0. The monoisotopic (exact) mass is 250 g/mol. The molecule has 0 fully saturated rings. The fourth-order valence-corrected chi connectivity index (χ4v) is 3.31. The third-order valence-corrected chi connectivity index (χ3v) is 5.12. The van der Waals surface area contributed by atoms with Crippen LogP contribution in [0, 0.1) is 5.41 Å². The normalized spacial score (nSPS) is 14.7. The van der Waals surface area contributed by atoms with E-state index in [1.54, 1.807) is 0 Å². The molecular formula is C15H26OSi. The summed E-state index contributed by atoms with van der Waals surface area (Å²) in [5.74, 6) is 0. The van der Waals surface area contributed by atoms with Gasteiger partial charge in [-0.05, 0) is 17.4 Å². The number of aliphatic hydroxyl groups excluding tert-OH is 1. The van der Waals surface area contributed by atoms with Gasteiger partial charge in [-0.25, -0.2) is 0 Å². The minimum atomic E-state index is -1.02. The molecule has 0 heterocycles. The zero-order valence-corrected chi connectivity index (χ0v) is 12.8. The van der Waals surface area contributed by atoms with Gasteiger partial charge in [-0.2, -0.15) is 0 Å². The van der Waals surface area contributed by atoms with Crippen molar-refractivity contribution in [3.63, 3.8) is 0 Å². The molecule has 1 rings (SSSR count). The highest BCUT2D eigenvalue weighted by atomic mass is 28.3. The second-order valence-electron chi connectivity index (χ2n) is 6.86. The van der Waals surface area contributed by atoms with E-state index in [9.17, 15) is 5.11 Å². The van der Waals surface area contributed by atoms with Gasteiger partial charge in [-0.3, -0.25) is 0 Å². The molecule has 17 heavy (non-hydrogen) atoms. The van der Waals surface area contributed by atoms with Crippen LogP contribution >= 0.6 is 0 Å². The zero-order chi connectivity index (χ0) is 13.1. The molecule has 0 aliphatic heterocycles. The summed E-state index contributed by atoms with van der Waals surface area (Å²) in [6, 6.07) is 11.3. The Morgan fingerprint density at radius 1 is 1.12 bits per heavy atom. The second-order valence-corrected chi connectivity index (χ2v) is 12.5. The van der Waals surface area contributed by atoms with Crippen LogP contribution in [0.1, 0.15) is 31.9 Å². The van der Waals surface area contributed by atoms with E-state index in [0.29, 0.717) is 0 Å². The molecule has 0 spiro atoms. The molecule has 0 bridgehead atoms. The molecule has 1 aromatic carbocycles. The largest absolute Gasteiger partial charge is 0.388 e. The van der Waals surface area contributed by atoms with Gasteiger partial charge in [0.2, 0.25) is 0 Å². The topological polar surface area (TPSA) is 20.2 Å². The predicted octanol–water partition coefficient (Wildman–Crippen LogP) is 4.47. The van der Waals surface area contributed by atoms with Crippen molar-refractivity contribution >= 4 is 8.07 Å². The number of hydrogen-bond donors (Lipinski definition) is 1. The van der Waals surface area contributed by atoms with Gasteiger partial charge in [0.25, 0.3) is 0 Å². The van der Waals surface area contributed by atoms with Gasteiger partial charge in [0.05, 0.1) is 6.10 Å². The van der Waals surface area contributed by atoms with E-state index in [0.717, 1.165) is 12.0 Å². The van der Waals surface area contributed by atoms with Crippen LogP contribution in [0.25, 0.3) is 0 Å². The first kappa shape index (κ1) is 14.5. The van der Waals surface area contributed by atoms with Gasteiger partial charge < -0.3 is 5.11 Å². The minimum Gasteiger partial charge on any atom is -0.388 e. The Morgan fingerprint density at radius 2 is 1.65 bits per heavy atom. The van der Waals surface area contributed by atoms with Crippen LogP contribution in [0.3, 0.4) is 0 Å². The fraction of sp³-hybridized carbons (Fsp3) is 0.600. The fourth-order valence-electron chi connectivity index (χ4n) is 1.92.